The molecule has 10 heteroatoms. The Morgan fingerprint density at radius 1 is 1.03 bits per heavy atom. The lowest BCUT2D eigenvalue weighted by Gasteiger charge is -2.30. The third kappa shape index (κ3) is 3.87. The molecule has 1 atom stereocenters. The summed E-state index contributed by atoms with van der Waals surface area (Å²) in [5.74, 6) is -4.21. The molecule has 0 aromatic heterocycles. The summed E-state index contributed by atoms with van der Waals surface area (Å²) in [5.41, 5.74) is -0.729. The second-order valence-corrected chi connectivity index (χ2v) is 6.84. The minimum Gasteiger partial charge on any atom is -0.319 e. The van der Waals surface area contributed by atoms with Gasteiger partial charge in [0.2, 0.25) is 0 Å². The van der Waals surface area contributed by atoms with Gasteiger partial charge in [0.15, 0.2) is 11.6 Å². The molecule has 2 aromatic rings. The number of nitrogens with zero attached hydrogens (tertiary/aromatic N) is 2. The van der Waals surface area contributed by atoms with Crippen LogP contribution >= 0.6 is 0 Å². The molecule has 160 valence electrons. The van der Waals surface area contributed by atoms with Gasteiger partial charge in [-0.15, -0.1) is 0 Å². The van der Waals surface area contributed by atoms with E-state index >= 15 is 0 Å². The number of anilines is 1. The number of carbonyl (C=O) groups excluding carboxylic acids is 1. The van der Waals surface area contributed by atoms with Gasteiger partial charge < -0.3 is 10.3 Å². The van der Waals surface area contributed by atoms with E-state index < -0.39 is 41.3 Å². The Hall–Kier alpha value is -3.01. The maximum Gasteiger partial charge on any atom is 0.409 e. The molecule has 0 saturated heterocycles. The zero-order chi connectivity index (χ0) is 22.4. The van der Waals surface area contributed by atoms with E-state index in [0.717, 1.165) is 28.2 Å². The van der Waals surface area contributed by atoms with Crippen LogP contribution in [-0.2, 0) is 0 Å². The molecule has 0 radical (unpaired) electrons. The Kier molecular flexibility index (Phi) is 5.55. The summed E-state index contributed by atoms with van der Waals surface area (Å²) >= 11 is 0. The van der Waals surface area contributed by atoms with Crippen LogP contribution < -0.4 is 5.32 Å². The van der Waals surface area contributed by atoms with E-state index in [1.807, 2.05) is 0 Å². The van der Waals surface area contributed by atoms with Gasteiger partial charge in [0.1, 0.15) is 11.9 Å². The summed E-state index contributed by atoms with van der Waals surface area (Å²) in [6.07, 6.45) is -3.67. The molecule has 1 aliphatic rings. The van der Waals surface area contributed by atoms with Crippen molar-refractivity contribution in [2.75, 3.05) is 19.4 Å². The van der Waals surface area contributed by atoms with Crippen LogP contribution in [0.25, 0.3) is 5.70 Å². The van der Waals surface area contributed by atoms with E-state index in [9.17, 15) is 31.1 Å². The molecule has 1 unspecified atom stereocenters. The van der Waals surface area contributed by atoms with Crippen molar-refractivity contribution >= 4 is 17.3 Å². The minimum atomic E-state index is -4.55. The van der Waals surface area contributed by atoms with Crippen LogP contribution in [0.2, 0.25) is 0 Å². The first-order valence-corrected chi connectivity index (χ1v) is 8.72. The van der Waals surface area contributed by atoms with Crippen LogP contribution in [-0.4, -0.2) is 42.2 Å². The van der Waals surface area contributed by atoms with Gasteiger partial charge in [0, 0.05) is 25.2 Å². The molecule has 1 heterocycles. The molecular formula is C20H17F6N3O. The number of hydrogen-bond donors (Lipinski definition) is 1. The van der Waals surface area contributed by atoms with Crippen molar-refractivity contribution in [3.05, 3.63) is 70.5 Å². The van der Waals surface area contributed by atoms with Gasteiger partial charge in [-0.25, -0.2) is 18.2 Å². The molecule has 1 aliphatic heterocycles. The van der Waals surface area contributed by atoms with E-state index in [4.69, 9.17) is 0 Å². The summed E-state index contributed by atoms with van der Waals surface area (Å²) in [5, 5.41) is 4.21. The molecule has 0 spiro atoms. The normalized spacial score (nSPS) is 17.3. The first-order chi connectivity index (χ1) is 13.9. The predicted octanol–water partition coefficient (Wildman–Crippen LogP) is 4.73. The number of amides is 1. The highest BCUT2D eigenvalue weighted by molar-refractivity contribution is 6.04. The minimum absolute atomic E-state index is 0.0177. The van der Waals surface area contributed by atoms with E-state index in [0.29, 0.717) is 0 Å². The highest BCUT2D eigenvalue weighted by atomic mass is 19.4. The van der Waals surface area contributed by atoms with Crippen molar-refractivity contribution < 1.29 is 31.1 Å². The number of nitrogens with one attached hydrogen (secondary N) is 1. The van der Waals surface area contributed by atoms with E-state index in [1.165, 1.54) is 39.2 Å². The van der Waals surface area contributed by atoms with Crippen LogP contribution in [0.15, 0.2) is 36.4 Å². The SMILES string of the molecule is Cc1ccc(NC(=O)c2ccc(C3=CC(C(F)(F)F)N(C)N3C)c(F)c2)c(F)c1F. The van der Waals surface area contributed by atoms with Gasteiger partial charge in [-0.05, 0) is 42.8 Å². The summed E-state index contributed by atoms with van der Waals surface area (Å²) in [4.78, 5) is 12.3. The number of hydrazine groups is 1. The summed E-state index contributed by atoms with van der Waals surface area (Å²) in [6, 6.07) is 3.69. The van der Waals surface area contributed by atoms with Crippen LogP contribution in [0.5, 0.6) is 0 Å². The van der Waals surface area contributed by atoms with Crippen LogP contribution in [0.1, 0.15) is 21.5 Å². The molecule has 2 aromatic carbocycles. The van der Waals surface area contributed by atoms with E-state index in [-0.39, 0.29) is 22.4 Å². The summed E-state index contributed by atoms with van der Waals surface area (Å²) < 4.78 is 81.6. The quantitative estimate of drug-likeness (QED) is 0.717. The lowest BCUT2D eigenvalue weighted by atomic mass is 10.1. The van der Waals surface area contributed by atoms with Crippen molar-refractivity contribution in [2.24, 2.45) is 0 Å². The Morgan fingerprint density at radius 2 is 1.70 bits per heavy atom. The van der Waals surface area contributed by atoms with E-state index in [1.54, 1.807) is 0 Å². The van der Waals surface area contributed by atoms with Gasteiger partial charge in [-0.1, -0.05) is 6.07 Å². The molecule has 0 bridgehead atoms. The molecular weight excluding hydrogens is 412 g/mol. The number of aryl methyl sites for hydroxylation is 1. The van der Waals surface area contributed by atoms with Crippen molar-refractivity contribution in [3.63, 3.8) is 0 Å². The number of alkyl halides is 3. The molecule has 3 rings (SSSR count). The van der Waals surface area contributed by atoms with Crippen LogP contribution in [0, 0.1) is 24.4 Å². The van der Waals surface area contributed by atoms with Crippen LogP contribution in [0.4, 0.5) is 32.0 Å². The van der Waals surface area contributed by atoms with Crippen molar-refractivity contribution in [3.8, 4) is 0 Å². The zero-order valence-corrected chi connectivity index (χ0v) is 16.1. The third-order valence-corrected chi connectivity index (χ3v) is 4.91. The number of benzene rings is 2. The molecule has 0 saturated carbocycles. The fraction of sp³-hybridized carbons (Fsp3) is 0.250. The average molecular weight is 429 g/mol. The van der Waals surface area contributed by atoms with Crippen LogP contribution in [0.3, 0.4) is 0 Å². The maximum atomic E-state index is 14.6. The van der Waals surface area contributed by atoms with Gasteiger partial charge in [0.05, 0.1) is 11.4 Å². The summed E-state index contributed by atoms with van der Waals surface area (Å²) in [7, 11) is 2.57. The first-order valence-electron chi connectivity index (χ1n) is 8.72. The van der Waals surface area contributed by atoms with Gasteiger partial charge in [0.25, 0.3) is 5.91 Å². The number of carbonyl (C=O) groups is 1. The predicted molar refractivity (Wildman–Crippen MR) is 98.8 cm³/mol. The lowest BCUT2D eigenvalue weighted by Crippen LogP contribution is -2.44. The molecule has 30 heavy (non-hydrogen) atoms. The molecule has 1 amide bonds. The highest BCUT2D eigenvalue weighted by Crippen LogP contribution is 2.36. The van der Waals surface area contributed by atoms with Crippen molar-refractivity contribution in [1.82, 2.24) is 10.0 Å². The smallest absolute Gasteiger partial charge is 0.319 e. The Labute approximate surface area is 168 Å². The Balaban J connectivity index is 1.87. The number of hydrogen-bond acceptors (Lipinski definition) is 3. The monoisotopic (exact) mass is 429 g/mol. The third-order valence-electron chi connectivity index (χ3n) is 4.91. The topological polar surface area (TPSA) is 35.6 Å². The number of halogens is 6. The standard InChI is InChI=1S/C20H17F6N3O/c1-10-4-7-14(18(23)17(10)22)27-19(30)11-5-6-12(13(21)8-11)15-9-16(20(24,25)26)29(3)28(15)2/h4-9,16H,1-3H3,(H,27,30). The summed E-state index contributed by atoms with van der Waals surface area (Å²) in [6.45, 7) is 1.35. The Bertz CT molecular complexity index is 1030. The van der Waals surface area contributed by atoms with E-state index in [2.05, 4.69) is 5.32 Å². The highest BCUT2D eigenvalue weighted by Gasteiger charge is 2.46. The average Bonchev–Trinajstić information content (AvgIpc) is 2.97. The largest absolute Gasteiger partial charge is 0.409 e. The Morgan fingerprint density at radius 3 is 2.27 bits per heavy atom. The fourth-order valence-corrected chi connectivity index (χ4v) is 3.09. The lowest BCUT2D eigenvalue weighted by molar-refractivity contribution is -0.182. The van der Waals surface area contributed by atoms with Crippen molar-refractivity contribution in [2.45, 2.75) is 19.1 Å². The molecule has 1 N–H and O–H groups in total. The van der Waals surface area contributed by atoms with Crippen molar-refractivity contribution in [1.29, 1.82) is 0 Å². The zero-order valence-electron chi connectivity index (χ0n) is 16.1. The molecule has 0 aliphatic carbocycles. The molecule has 0 fully saturated rings. The second kappa shape index (κ2) is 7.67. The van der Waals surface area contributed by atoms with Gasteiger partial charge in [-0.2, -0.15) is 13.2 Å². The number of rotatable bonds is 3. The first kappa shape index (κ1) is 21.7. The van der Waals surface area contributed by atoms with Gasteiger partial charge in [-0.3, -0.25) is 4.79 Å². The molecule has 4 nitrogen and oxygen atoms in total. The van der Waals surface area contributed by atoms with Gasteiger partial charge >= 0.3 is 6.18 Å². The fourth-order valence-electron chi connectivity index (χ4n) is 3.09. The second-order valence-electron chi connectivity index (χ2n) is 6.84. The maximum absolute atomic E-state index is 14.6. The number of likely N-dealkylation sites (N-methyl/N-ethyl adjacent to an activating group) is 1.